The first-order valence-corrected chi connectivity index (χ1v) is 10.2. The zero-order valence-corrected chi connectivity index (χ0v) is 17.6. The molecule has 1 aromatic carbocycles. The maximum Gasteiger partial charge on any atom is 0.338 e. The number of imidazole rings is 1. The van der Waals surface area contributed by atoms with Gasteiger partial charge in [-0.3, -0.25) is 0 Å². The van der Waals surface area contributed by atoms with Crippen LogP contribution in [0.1, 0.15) is 66.2 Å². The van der Waals surface area contributed by atoms with Crippen LogP contribution in [-0.4, -0.2) is 43.6 Å². The van der Waals surface area contributed by atoms with Crippen molar-refractivity contribution in [3.8, 4) is 0 Å². The van der Waals surface area contributed by atoms with E-state index >= 15 is 0 Å². The lowest BCUT2D eigenvalue weighted by atomic mass is 10.0. The smallest absolute Gasteiger partial charge is 0.338 e. The van der Waals surface area contributed by atoms with Crippen molar-refractivity contribution in [3.05, 3.63) is 59.3 Å². The SMILES string of the molecule is CCOC(=O)c1ccc(NC(=O)N2Cc3[nH]cnc3CC2c2nc(C(C)C)no2)cc1. The van der Waals surface area contributed by atoms with Crippen LogP contribution in [0.3, 0.4) is 0 Å². The van der Waals surface area contributed by atoms with E-state index in [2.05, 4.69) is 25.4 Å². The van der Waals surface area contributed by atoms with E-state index in [0.717, 1.165) is 11.4 Å². The standard InChI is InChI=1S/C21H24N6O4/c1-4-30-20(28)13-5-7-14(8-6-13)24-21(29)27-10-16-15(22-11-23-16)9-17(27)19-25-18(12(2)3)26-31-19/h5-8,11-12,17H,4,9-10H2,1-3H3,(H,22,23)(H,24,29). The number of esters is 1. The number of hydrogen-bond acceptors (Lipinski definition) is 7. The van der Waals surface area contributed by atoms with Crippen molar-refractivity contribution in [2.24, 2.45) is 0 Å². The number of amides is 2. The Morgan fingerprint density at radius 1 is 1.32 bits per heavy atom. The van der Waals surface area contributed by atoms with E-state index in [9.17, 15) is 9.59 Å². The Hall–Kier alpha value is -3.69. The number of urea groups is 1. The first-order valence-electron chi connectivity index (χ1n) is 10.2. The molecule has 0 fully saturated rings. The molecule has 10 nitrogen and oxygen atoms in total. The minimum absolute atomic E-state index is 0.113. The topological polar surface area (TPSA) is 126 Å². The van der Waals surface area contributed by atoms with Gasteiger partial charge in [-0.15, -0.1) is 0 Å². The predicted molar refractivity (Wildman–Crippen MR) is 110 cm³/mol. The van der Waals surface area contributed by atoms with Gasteiger partial charge >= 0.3 is 12.0 Å². The monoisotopic (exact) mass is 424 g/mol. The summed E-state index contributed by atoms with van der Waals surface area (Å²) in [7, 11) is 0. The van der Waals surface area contributed by atoms with Crippen LogP contribution in [-0.2, 0) is 17.7 Å². The molecule has 2 aromatic heterocycles. The van der Waals surface area contributed by atoms with Crippen molar-refractivity contribution in [3.63, 3.8) is 0 Å². The molecule has 4 rings (SSSR count). The second kappa shape index (κ2) is 8.58. The number of nitrogens with zero attached hydrogens (tertiary/aromatic N) is 4. The van der Waals surface area contributed by atoms with E-state index in [1.54, 1.807) is 42.4 Å². The van der Waals surface area contributed by atoms with Gasteiger partial charge in [-0.25, -0.2) is 14.6 Å². The van der Waals surface area contributed by atoms with Gasteiger partial charge in [0.05, 0.1) is 36.4 Å². The van der Waals surface area contributed by atoms with Crippen LogP contribution in [0, 0.1) is 0 Å². The summed E-state index contributed by atoms with van der Waals surface area (Å²) >= 11 is 0. The maximum atomic E-state index is 13.1. The molecule has 0 radical (unpaired) electrons. The molecule has 3 heterocycles. The summed E-state index contributed by atoms with van der Waals surface area (Å²) in [5.74, 6) is 0.686. The largest absolute Gasteiger partial charge is 0.462 e. The Balaban J connectivity index is 1.54. The second-order valence-corrected chi connectivity index (χ2v) is 7.55. The molecule has 3 aromatic rings. The van der Waals surface area contributed by atoms with E-state index in [-0.39, 0.29) is 11.9 Å². The summed E-state index contributed by atoms with van der Waals surface area (Å²) in [6, 6.07) is 5.79. The fourth-order valence-electron chi connectivity index (χ4n) is 3.39. The third kappa shape index (κ3) is 4.27. The molecular formula is C21H24N6O4. The summed E-state index contributed by atoms with van der Waals surface area (Å²) in [5, 5.41) is 6.91. The molecule has 0 spiro atoms. The molecule has 0 saturated carbocycles. The minimum atomic E-state index is -0.436. The fourth-order valence-corrected chi connectivity index (χ4v) is 3.39. The number of benzene rings is 1. The number of aromatic amines is 1. The van der Waals surface area contributed by atoms with E-state index in [0.29, 0.717) is 42.5 Å². The predicted octanol–water partition coefficient (Wildman–Crippen LogP) is 3.42. The number of nitrogens with one attached hydrogen (secondary N) is 2. The van der Waals surface area contributed by atoms with Crippen molar-refractivity contribution < 1.29 is 18.8 Å². The lowest BCUT2D eigenvalue weighted by Crippen LogP contribution is -2.41. The van der Waals surface area contributed by atoms with Crippen LogP contribution in [0.25, 0.3) is 0 Å². The summed E-state index contributed by atoms with van der Waals surface area (Å²) in [4.78, 5) is 38.5. The van der Waals surface area contributed by atoms with Crippen LogP contribution in [0.2, 0.25) is 0 Å². The molecule has 1 aliphatic heterocycles. The number of anilines is 1. The lowest BCUT2D eigenvalue weighted by molar-refractivity contribution is 0.0526. The van der Waals surface area contributed by atoms with Crippen molar-refractivity contribution in [2.45, 2.75) is 45.7 Å². The minimum Gasteiger partial charge on any atom is -0.462 e. The quantitative estimate of drug-likeness (QED) is 0.601. The van der Waals surface area contributed by atoms with Gasteiger partial charge in [0.25, 0.3) is 0 Å². The Bertz CT molecular complexity index is 1070. The van der Waals surface area contributed by atoms with E-state index in [1.807, 2.05) is 13.8 Å². The van der Waals surface area contributed by atoms with Gasteiger partial charge in [0.2, 0.25) is 5.89 Å². The number of ether oxygens (including phenoxy) is 1. The van der Waals surface area contributed by atoms with Crippen LogP contribution in [0.4, 0.5) is 10.5 Å². The summed E-state index contributed by atoms with van der Waals surface area (Å²) in [5.41, 5.74) is 2.72. The van der Waals surface area contributed by atoms with Gasteiger partial charge in [0.1, 0.15) is 6.04 Å². The molecule has 1 unspecified atom stereocenters. The highest BCUT2D eigenvalue weighted by atomic mass is 16.5. The molecule has 10 heteroatoms. The zero-order chi connectivity index (χ0) is 22.0. The highest BCUT2D eigenvalue weighted by molar-refractivity contribution is 5.92. The molecule has 0 saturated heterocycles. The number of rotatable bonds is 5. The van der Waals surface area contributed by atoms with Crippen molar-refractivity contribution in [2.75, 3.05) is 11.9 Å². The van der Waals surface area contributed by atoms with E-state index in [4.69, 9.17) is 9.26 Å². The summed E-state index contributed by atoms with van der Waals surface area (Å²) in [6.07, 6.45) is 2.08. The number of aromatic nitrogens is 4. The molecular weight excluding hydrogens is 400 g/mol. The number of H-pyrrole nitrogens is 1. The zero-order valence-electron chi connectivity index (χ0n) is 17.6. The third-order valence-electron chi connectivity index (χ3n) is 5.07. The Morgan fingerprint density at radius 3 is 2.77 bits per heavy atom. The van der Waals surface area contributed by atoms with Crippen LogP contribution in [0.15, 0.2) is 35.1 Å². The average Bonchev–Trinajstić information content (AvgIpc) is 3.42. The first kappa shape index (κ1) is 20.6. The van der Waals surface area contributed by atoms with Gasteiger partial charge in [-0.2, -0.15) is 4.98 Å². The molecule has 1 atom stereocenters. The van der Waals surface area contributed by atoms with Gasteiger partial charge in [0.15, 0.2) is 5.82 Å². The molecule has 31 heavy (non-hydrogen) atoms. The Morgan fingerprint density at radius 2 is 2.10 bits per heavy atom. The first-order chi connectivity index (χ1) is 15.0. The van der Waals surface area contributed by atoms with Gasteiger partial charge < -0.3 is 24.5 Å². The fraction of sp³-hybridized carbons (Fsp3) is 0.381. The molecule has 162 valence electrons. The second-order valence-electron chi connectivity index (χ2n) is 7.55. The highest BCUT2D eigenvalue weighted by Crippen LogP contribution is 2.32. The molecule has 1 aliphatic rings. The lowest BCUT2D eigenvalue weighted by Gasteiger charge is -2.32. The number of hydrogen-bond donors (Lipinski definition) is 2. The number of fused-ring (bicyclic) bond motifs is 1. The molecule has 0 aliphatic carbocycles. The van der Waals surface area contributed by atoms with Gasteiger partial charge in [-0.05, 0) is 31.2 Å². The Kier molecular flexibility index (Phi) is 5.70. The average molecular weight is 424 g/mol. The number of carbonyl (C=O) groups is 2. The Labute approximate surface area is 179 Å². The van der Waals surface area contributed by atoms with Crippen molar-refractivity contribution in [1.29, 1.82) is 0 Å². The van der Waals surface area contributed by atoms with Crippen molar-refractivity contribution in [1.82, 2.24) is 25.0 Å². The summed E-state index contributed by atoms with van der Waals surface area (Å²) in [6.45, 7) is 6.33. The van der Waals surface area contributed by atoms with Crippen LogP contribution in [0.5, 0.6) is 0 Å². The van der Waals surface area contributed by atoms with E-state index in [1.165, 1.54) is 0 Å². The van der Waals surface area contributed by atoms with Crippen LogP contribution < -0.4 is 5.32 Å². The number of carbonyl (C=O) groups excluding carboxylic acids is 2. The summed E-state index contributed by atoms with van der Waals surface area (Å²) < 4.78 is 10.5. The normalized spacial score (nSPS) is 15.6. The van der Waals surface area contributed by atoms with Crippen LogP contribution >= 0.6 is 0 Å². The maximum absolute atomic E-state index is 13.1. The van der Waals surface area contributed by atoms with Gasteiger partial charge in [0, 0.05) is 18.0 Å². The van der Waals surface area contributed by atoms with Gasteiger partial charge in [-0.1, -0.05) is 19.0 Å². The van der Waals surface area contributed by atoms with Crippen molar-refractivity contribution >= 4 is 17.7 Å². The van der Waals surface area contributed by atoms with E-state index < -0.39 is 12.0 Å². The molecule has 0 bridgehead atoms. The highest BCUT2D eigenvalue weighted by Gasteiger charge is 2.36. The third-order valence-corrected chi connectivity index (χ3v) is 5.07. The molecule has 2 N–H and O–H groups in total. The molecule has 2 amide bonds.